The summed E-state index contributed by atoms with van der Waals surface area (Å²) in [7, 11) is 1.73. The molecule has 0 radical (unpaired) electrons. The second-order valence-corrected chi connectivity index (χ2v) is 2.33. The van der Waals surface area contributed by atoms with Crippen LogP contribution in [0, 0.1) is 0 Å². The minimum atomic E-state index is -0.412. The lowest BCUT2D eigenvalue weighted by Crippen LogP contribution is -2.29. The summed E-state index contributed by atoms with van der Waals surface area (Å²) in [4.78, 5) is 15.7. The standard InChI is InChI=1S/C7H12N4O2/c1-3-13-10-7(12)9-6-4-5-8-11(6)2/h4-5H,3H2,1-2H3,(H2,9,10,12). The first-order valence-electron chi connectivity index (χ1n) is 3.91. The van der Waals surface area contributed by atoms with E-state index in [9.17, 15) is 4.79 Å². The zero-order valence-corrected chi connectivity index (χ0v) is 7.57. The highest BCUT2D eigenvalue weighted by atomic mass is 16.7. The average molecular weight is 184 g/mol. The average Bonchev–Trinajstić information content (AvgIpc) is 2.48. The quantitative estimate of drug-likeness (QED) is 0.672. The third-order valence-corrected chi connectivity index (χ3v) is 1.37. The Morgan fingerprint density at radius 2 is 2.54 bits per heavy atom. The minimum Gasteiger partial charge on any atom is -0.291 e. The van der Waals surface area contributed by atoms with Crippen LogP contribution in [0.3, 0.4) is 0 Å². The molecule has 0 saturated heterocycles. The summed E-state index contributed by atoms with van der Waals surface area (Å²) in [5, 5.41) is 6.43. The van der Waals surface area contributed by atoms with Crippen LogP contribution < -0.4 is 10.8 Å². The number of hydrogen-bond acceptors (Lipinski definition) is 3. The first kappa shape index (κ1) is 9.53. The molecule has 72 valence electrons. The molecule has 0 aliphatic heterocycles. The molecule has 0 aliphatic carbocycles. The topological polar surface area (TPSA) is 68.2 Å². The number of aromatic nitrogens is 2. The van der Waals surface area contributed by atoms with Crippen molar-refractivity contribution in [3.05, 3.63) is 12.3 Å². The highest BCUT2D eigenvalue weighted by Gasteiger charge is 2.02. The maximum atomic E-state index is 11.0. The fraction of sp³-hybridized carbons (Fsp3) is 0.429. The maximum absolute atomic E-state index is 11.0. The summed E-state index contributed by atoms with van der Waals surface area (Å²) in [6.45, 7) is 2.21. The molecule has 1 rings (SSSR count). The summed E-state index contributed by atoms with van der Waals surface area (Å²) in [5.41, 5.74) is 2.21. The summed E-state index contributed by atoms with van der Waals surface area (Å²) >= 11 is 0. The summed E-state index contributed by atoms with van der Waals surface area (Å²) < 4.78 is 1.55. The number of anilines is 1. The van der Waals surface area contributed by atoms with Gasteiger partial charge in [-0.1, -0.05) is 0 Å². The van der Waals surface area contributed by atoms with Crippen LogP contribution in [0.25, 0.3) is 0 Å². The van der Waals surface area contributed by atoms with Gasteiger partial charge in [0.1, 0.15) is 5.82 Å². The van der Waals surface area contributed by atoms with E-state index < -0.39 is 6.03 Å². The predicted molar refractivity (Wildman–Crippen MR) is 47.0 cm³/mol. The first-order chi connectivity index (χ1) is 6.24. The van der Waals surface area contributed by atoms with Crippen LogP contribution in [0.5, 0.6) is 0 Å². The number of amides is 2. The molecule has 0 atom stereocenters. The van der Waals surface area contributed by atoms with Crippen molar-refractivity contribution in [2.45, 2.75) is 6.92 Å². The van der Waals surface area contributed by atoms with E-state index in [1.165, 1.54) is 0 Å². The van der Waals surface area contributed by atoms with Gasteiger partial charge in [-0.15, -0.1) is 0 Å². The number of nitrogens with zero attached hydrogens (tertiary/aromatic N) is 2. The van der Waals surface area contributed by atoms with Crippen molar-refractivity contribution < 1.29 is 9.63 Å². The second kappa shape index (κ2) is 4.46. The van der Waals surface area contributed by atoms with Gasteiger partial charge in [-0.2, -0.15) is 5.10 Å². The molecular formula is C7H12N4O2. The van der Waals surface area contributed by atoms with Gasteiger partial charge in [-0.05, 0) is 6.92 Å². The van der Waals surface area contributed by atoms with Crippen LogP contribution in [0.1, 0.15) is 6.92 Å². The van der Waals surface area contributed by atoms with Gasteiger partial charge in [-0.25, -0.2) is 10.3 Å². The second-order valence-electron chi connectivity index (χ2n) is 2.33. The van der Waals surface area contributed by atoms with Gasteiger partial charge in [0.15, 0.2) is 0 Å². The Balaban J connectivity index is 2.41. The van der Waals surface area contributed by atoms with Gasteiger partial charge < -0.3 is 0 Å². The van der Waals surface area contributed by atoms with Crippen LogP contribution >= 0.6 is 0 Å². The lowest BCUT2D eigenvalue weighted by atomic mass is 10.6. The SMILES string of the molecule is CCONC(=O)Nc1ccnn1C. The molecule has 0 aliphatic rings. The van der Waals surface area contributed by atoms with Gasteiger partial charge in [0.25, 0.3) is 0 Å². The molecule has 6 nitrogen and oxygen atoms in total. The molecule has 0 bridgehead atoms. The molecule has 0 unspecified atom stereocenters. The summed E-state index contributed by atoms with van der Waals surface area (Å²) in [6, 6.07) is 1.27. The molecule has 0 fully saturated rings. The van der Waals surface area contributed by atoms with Crippen molar-refractivity contribution in [3.8, 4) is 0 Å². The van der Waals surface area contributed by atoms with Gasteiger partial charge in [0.2, 0.25) is 0 Å². The number of hydroxylamine groups is 1. The van der Waals surface area contributed by atoms with Gasteiger partial charge >= 0.3 is 6.03 Å². The Morgan fingerprint density at radius 1 is 1.77 bits per heavy atom. The molecule has 0 aromatic carbocycles. The Morgan fingerprint density at radius 3 is 3.08 bits per heavy atom. The zero-order valence-electron chi connectivity index (χ0n) is 7.57. The third kappa shape index (κ3) is 2.75. The lowest BCUT2D eigenvalue weighted by Gasteiger charge is -2.05. The van der Waals surface area contributed by atoms with E-state index in [0.29, 0.717) is 12.4 Å². The fourth-order valence-electron chi connectivity index (χ4n) is 0.776. The molecule has 0 spiro atoms. The Bertz CT molecular complexity index is 284. The van der Waals surface area contributed by atoms with Crippen LogP contribution in [-0.4, -0.2) is 22.4 Å². The molecular weight excluding hydrogens is 172 g/mol. The lowest BCUT2D eigenvalue weighted by molar-refractivity contribution is 0.0758. The highest BCUT2D eigenvalue weighted by Crippen LogP contribution is 2.01. The van der Waals surface area contributed by atoms with E-state index in [4.69, 9.17) is 4.84 Å². The zero-order chi connectivity index (χ0) is 9.68. The molecule has 6 heteroatoms. The molecule has 1 aromatic rings. The Kier molecular flexibility index (Phi) is 3.27. The first-order valence-corrected chi connectivity index (χ1v) is 3.91. The molecule has 0 saturated carbocycles. The largest absolute Gasteiger partial charge is 0.344 e. The monoisotopic (exact) mass is 184 g/mol. The van der Waals surface area contributed by atoms with Crippen molar-refractivity contribution in [1.29, 1.82) is 0 Å². The Hall–Kier alpha value is -1.56. The molecule has 13 heavy (non-hydrogen) atoms. The van der Waals surface area contributed by atoms with E-state index in [2.05, 4.69) is 15.9 Å². The van der Waals surface area contributed by atoms with Crippen LogP contribution in [0.2, 0.25) is 0 Å². The van der Waals surface area contributed by atoms with Crippen LogP contribution in [-0.2, 0) is 11.9 Å². The number of carbonyl (C=O) groups excluding carboxylic acids is 1. The van der Waals surface area contributed by atoms with Crippen molar-refractivity contribution in [2.24, 2.45) is 7.05 Å². The number of aryl methyl sites for hydroxylation is 1. The van der Waals surface area contributed by atoms with E-state index in [-0.39, 0.29) is 0 Å². The number of hydrogen-bond donors (Lipinski definition) is 2. The third-order valence-electron chi connectivity index (χ3n) is 1.37. The number of carbonyl (C=O) groups is 1. The van der Waals surface area contributed by atoms with Gasteiger partial charge in [-0.3, -0.25) is 14.8 Å². The number of nitrogens with one attached hydrogen (secondary N) is 2. The smallest absolute Gasteiger partial charge is 0.291 e. The van der Waals surface area contributed by atoms with Crippen LogP contribution in [0.15, 0.2) is 12.3 Å². The highest BCUT2D eigenvalue weighted by molar-refractivity contribution is 5.87. The normalized spacial score (nSPS) is 9.69. The van der Waals surface area contributed by atoms with Crippen LogP contribution in [0.4, 0.5) is 10.6 Å². The number of urea groups is 1. The van der Waals surface area contributed by atoms with Crippen molar-refractivity contribution in [2.75, 3.05) is 11.9 Å². The van der Waals surface area contributed by atoms with Gasteiger partial charge in [0.05, 0.1) is 12.8 Å². The van der Waals surface area contributed by atoms with Crippen molar-refractivity contribution in [1.82, 2.24) is 15.3 Å². The predicted octanol–water partition coefficient (Wildman–Crippen LogP) is 0.493. The van der Waals surface area contributed by atoms with Gasteiger partial charge in [0, 0.05) is 13.1 Å². The van der Waals surface area contributed by atoms with E-state index in [1.807, 2.05) is 0 Å². The number of rotatable bonds is 3. The maximum Gasteiger partial charge on any atom is 0.344 e. The fourth-order valence-corrected chi connectivity index (χ4v) is 0.776. The molecule has 1 heterocycles. The summed E-state index contributed by atoms with van der Waals surface area (Å²) in [6.07, 6.45) is 1.59. The van der Waals surface area contributed by atoms with E-state index in [1.54, 1.807) is 30.9 Å². The minimum absolute atomic E-state index is 0.412. The molecule has 2 N–H and O–H groups in total. The molecule has 1 aromatic heterocycles. The summed E-state index contributed by atoms with van der Waals surface area (Å²) in [5.74, 6) is 0.609. The van der Waals surface area contributed by atoms with Crippen molar-refractivity contribution in [3.63, 3.8) is 0 Å². The van der Waals surface area contributed by atoms with E-state index >= 15 is 0 Å². The Labute approximate surface area is 75.8 Å². The molecule has 2 amide bonds. The van der Waals surface area contributed by atoms with Crippen molar-refractivity contribution >= 4 is 11.8 Å². The van der Waals surface area contributed by atoms with E-state index in [0.717, 1.165) is 0 Å².